The van der Waals surface area contributed by atoms with E-state index in [0.29, 0.717) is 22.7 Å². The van der Waals surface area contributed by atoms with E-state index in [1.165, 1.54) is 37.5 Å². The molecule has 1 heterocycles. The average Bonchev–Trinajstić information content (AvgIpc) is 2.71. The Hall–Kier alpha value is -3.72. The van der Waals surface area contributed by atoms with E-state index in [1.54, 1.807) is 18.2 Å². The Labute approximate surface area is 184 Å². The molecule has 2 aromatic rings. The number of hydrogen-bond donors (Lipinski definition) is 2. The summed E-state index contributed by atoms with van der Waals surface area (Å²) in [7, 11) is 1.50. The minimum atomic E-state index is -1.09. The lowest BCUT2D eigenvalue weighted by Gasteiger charge is -2.29. The summed E-state index contributed by atoms with van der Waals surface area (Å²) in [6.07, 6.45) is 1.38. The van der Waals surface area contributed by atoms with E-state index >= 15 is 0 Å². The summed E-state index contributed by atoms with van der Waals surface area (Å²) in [6, 6.07) is 10.7. The standard InChI is InChI=1S/C22H20N2O6S/c1-12(2)30-17-9-4-13(11-18(17)29-3)10-16-19(25)23-22(31)24(20(16)26)15-7-5-14(6-8-15)21(27)28/h4-12H,1-3H3,(H,27,28)(H,23,25,31)/b16-10+. The quantitative estimate of drug-likeness (QED) is 0.404. The summed E-state index contributed by atoms with van der Waals surface area (Å²) in [4.78, 5) is 37.7. The molecule has 3 rings (SSSR count). The van der Waals surface area contributed by atoms with Crippen molar-refractivity contribution in [2.45, 2.75) is 20.0 Å². The van der Waals surface area contributed by atoms with E-state index in [4.69, 9.17) is 26.8 Å². The van der Waals surface area contributed by atoms with Crippen LogP contribution in [-0.4, -0.2) is 41.2 Å². The smallest absolute Gasteiger partial charge is 0.335 e. The van der Waals surface area contributed by atoms with E-state index in [2.05, 4.69) is 5.32 Å². The lowest BCUT2D eigenvalue weighted by Crippen LogP contribution is -2.54. The number of anilines is 1. The van der Waals surface area contributed by atoms with E-state index in [9.17, 15) is 14.4 Å². The zero-order valence-corrected chi connectivity index (χ0v) is 17.9. The third kappa shape index (κ3) is 4.72. The molecular weight excluding hydrogens is 420 g/mol. The Bertz CT molecular complexity index is 1090. The van der Waals surface area contributed by atoms with Crippen LogP contribution in [0.1, 0.15) is 29.8 Å². The molecule has 2 amide bonds. The van der Waals surface area contributed by atoms with Gasteiger partial charge in [0.25, 0.3) is 11.8 Å². The van der Waals surface area contributed by atoms with Crippen LogP contribution in [0, 0.1) is 0 Å². The number of carboxylic acid groups (broad SMARTS) is 1. The van der Waals surface area contributed by atoms with E-state index < -0.39 is 17.8 Å². The molecule has 1 fully saturated rings. The highest BCUT2D eigenvalue weighted by molar-refractivity contribution is 7.80. The summed E-state index contributed by atoms with van der Waals surface area (Å²) < 4.78 is 11.0. The van der Waals surface area contributed by atoms with Crippen molar-refractivity contribution in [1.29, 1.82) is 0 Å². The van der Waals surface area contributed by atoms with Crippen LogP contribution >= 0.6 is 12.2 Å². The van der Waals surface area contributed by atoms with Gasteiger partial charge in [0.2, 0.25) is 0 Å². The number of amides is 2. The van der Waals surface area contributed by atoms with Gasteiger partial charge in [-0.2, -0.15) is 0 Å². The Morgan fingerprint density at radius 1 is 1.13 bits per heavy atom. The Balaban J connectivity index is 1.96. The first kappa shape index (κ1) is 22.0. The molecule has 0 saturated carbocycles. The van der Waals surface area contributed by atoms with Gasteiger partial charge in [-0.1, -0.05) is 6.07 Å². The van der Waals surface area contributed by atoms with Gasteiger partial charge in [0.15, 0.2) is 16.6 Å². The number of methoxy groups -OCH3 is 1. The number of nitrogens with zero attached hydrogens (tertiary/aromatic N) is 1. The summed E-state index contributed by atoms with van der Waals surface area (Å²) >= 11 is 5.16. The maximum absolute atomic E-state index is 13.1. The molecule has 0 aromatic heterocycles. The van der Waals surface area contributed by atoms with Crippen LogP contribution in [0.5, 0.6) is 11.5 Å². The minimum absolute atomic E-state index is 0.0501. The highest BCUT2D eigenvalue weighted by Crippen LogP contribution is 2.30. The maximum atomic E-state index is 13.1. The molecule has 31 heavy (non-hydrogen) atoms. The topological polar surface area (TPSA) is 105 Å². The van der Waals surface area contributed by atoms with Crippen molar-refractivity contribution < 1.29 is 29.0 Å². The van der Waals surface area contributed by atoms with Gasteiger partial charge in [0.1, 0.15) is 5.57 Å². The highest BCUT2D eigenvalue weighted by atomic mass is 32.1. The van der Waals surface area contributed by atoms with Gasteiger partial charge in [-0.15, -0.1) is 0 Å². The van der Waals surface area contributed by atoms with E-state index in [0.717, 1.165) is 4.90 Å². The second-order valence-electron chi connectivity index (χ2n) is 6.89. The molecule has 0 bridgehead atoms. The molecule has 0 radical (unpaired) electrons. The van der Waals surface area contributed by atoms with Gasteiger partial charge in [-0.05, 0) is 74.1 Å². The first-order valence-electron chi connectivity index (χ1n) is 9.30. The normalized spacial score (nSPS) is 15.3. The van der Waals surface area contributed by atoms with Crippen molar-refractivity contribution in [3.8, 4) is 11.5 Å². The monoisotopic (exact) mass is 440 g/mol. The number of carbonyl (C=O) groups excluding carboxylic acids is 2. The average molecular weight is 440 g/mol. The van der Waals surface area contributed by atoms with Crippen molar-refractivity contribution in [1.82, 2.24) is 5.32 Å². The van der Waals surface area contributed by atoms with Gasteiger partial charge in [-0.3, -0.25) is 19.8 Å². The summed E-state index contributed by atoms with van der Waals surface area (Å²) in [5.41, 5.74) is 0.829. The number of benzene rings is 2. The number of thiocarbonyl (C=S) groups is 1. The molecule has 160 valence electrons. The predicted molar refractivity (Wildman–Crippen MR) is 118 cm³/mol. The van der Waals surface area contributed by atoms with Crippen LogP contribution in [0.25, 0.3) is 6.08 Å². The third-order valence-electron chi connectivity index (χ3n) is 4.34. The van der Waals surface area contributed by atoms with Crippen molar-refractivity contribution in [3.05, 3.63) is 59.2 Å². The lowest BCUT2D eigenvalue weighted by molar-refractivity contribution is -0.122. The lowest BCUT2D eigenvalue weighted by atomic mass is 10.1. The first-order chi connectivity index (χ1) is 14.7. The fraction of sp³-hybridized carbons (Fsp3) is 0.182. The molecule has 8 nitrogen and oxygen atoms in total. The molecule has 0 spiro atoms. The minimum Gasteiger partial charge on any atom is -0.493 e. The molecule has 1 aliphatic rings. The van der Waals surface area contributed by atoms with Crippen molar-refractivity contribution in [3.63, 3.8) is 0 Å². The van der Waals surface area contributed by atoms with Gasteiger partial charge in [-0.25, -0.2) is 4.79 Å². The predicted octanol–water partition coefficient (Wildman–Crippen LogP) is 3.01. The SMILES string of the molecule is COc1cc(/C=C2\C(=O)NC(=S)N(c3ccc(C(=O)O)cc3)C2=O)ccc1OC(C)C. The molecule has 0 unspecified atom stereocenters. The summed E-state index contributed by atoms with van der Waals surface area (Å²) in [5, 5.41) is 11.4. The van der Waals surface area contributed by atoms with Crippen molar-refractivity contribution in [2.24, 2.45) is 0 Å². The highest BCUT2D eigenvalue weighted by Gasteiger charge is 2.34. The summed E-state index contributed by atoms with van der Waals surface area (Å²) in [6.45, 7) is 3.78. The van der Waals surface area contributed by atoms with Crippen LogP contribution in [0.2, 0.25) is 0 Å². The summed E-state index contributed by atoms with van der Waals surface area (Å²) in [5.74, 6) is -1.34. The van der Waals surface area contributed by atoms with Gasteiger partial charge in [0, 0.05) is 0 Å². The van der Waals surface area contributed by atoms with Crippen LogP contribution in [0.4, 0.5) is 5.69 Å². The van der Waals surface area contributed by atoms with Crippen molar-refractivity contribution >= 4 is 46.9 Å². The molecule has 1 aliphatic heterocycles. The Morgan fingerprint density at radius 2 is 1.81 bits per heavy atom. The Morgan fingerprint density at radius 3 is 2.39 bits per heavy atom. The maximum Gasteiger partial charge on any atom is 0.335 e. The van der Waals surface area contributed by atoms with Crippen LogP contribution in [0.15, 0.2) is 48.0 Å². The molecule has 9 heteroatoms. The van der Waals surface area contributed by atoms with Crippen LogP contribution in [-0.2, 0) is 9.59 Å². The number of rotatable bonds is 6. The van der Waals surface area contributed by atoms with Crippen LogP contribution in [0.3, 0.4) is 0 Å². The molecule has 0 atom stereocenters. The van der Waals surface area contributed by atoms with E-state index in [1.807, 2.05) is 13.8 Å². The number of ether oxygens (including phenoxy) is 2. The number of nitrogens with one attached hydrogen (secondary N) is 1. The molecule has 1 saturated heterocycles. The van der Waals surface area contributed by atoms with E-state index in [-0.39, 0.29) is 22.4 Å². The van der Waals surface area contributed by atoms with Crippen molar-refractivity contribution in [2.75, 3.05) is 12.0 Å². The molecular formula is C22H20N2O6S. The van der Waals surface area contributed by atoms with Gasteiger partial charge < -0.3 is 14.6 Å². The van der Waals surface area contributed by atoms with Gasteiger partial charge in [0.05, 0.1) is 24.5 Å². The van der Waals surface area contributed by atoms with Crippen LogP contribution < -0.4 is 19.7 Å². The molecule has 2 aromatic carbocycles. The molecule has 0 aliphatic carbocycles. The zero-order chi connectivity index (χ0) is 22.7. The second-order valence-corrected chi connectivity index (χ2v) is 7.27. The fourth-order valence-corrected chi connectivity index (χ4v) is 3.22. The number of aromatic carboxylic acids is 1. The van der Waals surface area contributed by atoms with Gasteiger partial charge >= 0.3 is 5.97 Å². The largest absolute Gasteiger partial charge is 0.493 e. The molecule has 2 N–H and O–H groups in total. The number of hydrogen-bond acceptors (Lipinski definition) is 6. The third-order valence-corrected chi connectivity index (χ3v) is 4.62. The zero-order valence-electron chi connectivity index (χ0n) is 17.0. The number of carboxylic acids is 1. The first-order valence-corrected chi connectivity index (χ1v) is 9.71. The number of carbonyl (C=O) groups is 3. The second kappa shape index (κ2) is 8.97. The Kier molecular flexibility index (Phi) is 6.36. The fourth-order valence-electron chi connectivity index (χ4n) is 2.94.